The molecule has 25 heavy (non-hydrogen) atoms. The van der Waals surface area contributed by atoms with Gasteiger partial charge in [0.15, 0.2) is 5.82 Å². The Balaban J connectivity index is 1.96. The van der Waals surface area contributed by atoms with Gasteiger partial charge in [-0.05, 0) is 30.3 Å². The van der Waals surface area contributed by atoms with Crippen LogP contribution in [0.1, 0.15) is 11.1 Å². The fraction of sp³-hybridized carbons (Fsp3) is 0.118. The van der Waals surface area contributed by atoms with Crippen LogP contribution in [0, 0.1) is 0 Å². The summed E-state index contributed by atoms with van der Waals surface area (Å²) in [6, 6.07) is 12.4. The molecule has 1 heterocycles. The quantitative estimate of drug-likeness (QED) is 0.684. The largest absolute Gasteiger partial charge is 0.507 e. The van der Waals surface area contributed by atoms with E-state index in [0.717, 1.165) is 5.56 Å². The number of para-hydroxylation sites is 1. The molecule has 3 N–H and O–H groups in total. The molecule has 0 amide bonds. The van der Waals surface area contributed by atoms with E-state index in [1.54, 1.807) is 43.5 Å². The lowest BCUT2D eigenvalue weighted by atomic mass is 10.1. The Kier molecular flexibility index (Phi) is 4.97. The van der Waals surface area contributed by atoms with Crippen LogP contribution in [-0.4, -0.2) is 33.3 Å². The molecule has 3 rings (SSSR count). The minimum Gasteiger partial charge on any atom is -0.507 e. The lowest BCUT2D eigenvalue weighted by Gasteiger charge is -2.06. The Labute approximate surface area is 149 Å². The molecular formula is C17H16ClN5O2. The van der Waals surface area contributed by atoms with Gasteiger partial charge in [0.2, 0.25) is 5.95 Å². The first-order chi connectivity index (χ1) is 12.1. The second-order valence-corrected chi connectivity index (χ2v) is 5.67. The number of nitrogens with zero attached hydrogens (tertiary/aromatic N) is 4. The fourth-order valence-electron chi connectivity index (χ4n) is 2.29. The summed E-state index contributed by atoms with van der Waals surface area (Å²) >= 11 is 5.91. The third-order valence-corrected chi connectivity index (χ3v) is 3.78. The molecule has 2 aromatic carbocycles. The zero-order valence-corrected chi connectivity index (χ0v) is 14.2. The summed E-state index contributed by atoms with van der Waals surface area (Å²) in [5, 5.41) is 23.1. The average molecular weight is 358 g/mol. The minimum absolute atomic E-state index is 0.104. The van der Waals surface area contributed by atoms with Crippen LogP contribution >= 0.6 is 11.6 Å². The van der Waals surface area contributed by atoms with E-state index in [0.29, 0.717) is 28.6 Å². The molecule has 7 nitrogen and oxygen atoms in total. The van der Waals surface area contributed by atoms with Crippen molar-refractivity contribution in [2.24, 2.45) is 5.10 Å². The van der Waals surface area contributed by atoms with Crippen LogP contribution in [0.4, 0.5) is 5.95 Å². The van der Waals surface area contributed by atoms with Gasteiger partial charge in [-0.2, -0.15) is 9.78 Å². The Morgan fingerprint density at radius 1 is 1.24 bits per heavy atom. The number of methoxy groups -OCH3 is 1. The Bertz CT molecular complexity index is 906. The molecule has 8 heteroatoms. The lowest BCUT2D eigenvalue weighted by Crippen LogP contribution is -2.00. The molecule has 0 bridgehead atoms. The number of benzene rings is 2. The molecule has 0 saturated heterocycles. The number of aromatic nitrogens is 3. The van der Waals surface area contributed by atoms with Crippen LogP contribution in [0.3, 0.4) is 0 Å². The molecule has 0 aliphatic heterocycles. The fourth-order valence-corrected chi connectivity index (χ4v) is 2.42. The summed E-state index contributed by atoms with van der Waals surface area (Å²) in [5.74, 6) is 0.708. The van der Waals surface area contributed by atoms with Gasteiger partial charge in [-0.15, -0.1) is 10.2 Å². The van der Waals surface area contributed by atoms with Crippen LogP contribution in [-0.2, 0) is 11.3 Å². The number of nitrogen functional groups attached to an aromatic ring is 1. The molecule has 0 aliphatic carbocycles. The van der Waals surface area contributed by atoms with Crippen molar-refractivity contribution < 1.29 is 9.84 Å². The predicted octanol–water partition coefficient (Wildman–Crippen LogP) is 2.91. The van der Waals surface area contributed by atoms with Gasteiger partial charge < -0.3 is 15.6 Å². The van der Waals surface area contributed by atoms with Gasteiger partial charge in [0, 0.05) is 28.8 Å². The highest BCUT2D eigenvalue weighted by atomic mass is 35.5. The number of phenols is 1. The molecule has 0 spiro atoms. The van der Waals surface area contributed by atoms with Gasteiger partial charge in [-0.25, -0.2) is 0 Å². The Morgan fingerprint density at radius 3 is 2.72 bits per heavy atom. The highest BCUT2D eigenvalue weighted by Gasteiger charge is 2.11. The molecule has 0 atom stereocenters. The van der Waals surface area contributed by atoms with E-state index < -0.39 is 0 Å². The number of hydrogen-bond acceptors (Lipinski definition) is 6. The summed E-state index contributed by atoms with van der Waals surface area (Å²) in [6.45, 7) is 0.304. The molecule has 3 aromatic rings. The van der Waals surface area contributed by atoms with Gasteiger partial charge in [0.1, 0.15) is 5.75 Å². The van der Waals surface area contributed by atoms with E-state index in [-0.39, 0.29) is 11.7 Å². The Morgan fingerprint density at radius 2 is 2.00 bits per heavy atom. The lowest BCUT2D eigenvalue weighted by molar-refractivity contribution is 0.182. The van der Waals surface area contributed by atoms with Crippen molar-refractivity contribution >= 4 is 23.8 Å². The summed E-state index contributed by atoms with van der Waals surface area (Å²) in [6.07, 6.45) is 1.49. The van der Waals surface area contributed by atoms with Crippen LogP contribution in [0.5, 0.6) is 5.75 Å². The number of anilines is 1. The van der Waals surface area contributed by atoms with Crippen LogP contribution in [0.2, 0.25) is 5.02 Å². The maximum atomic E-state index is 10.3. The first kappa shape index (κ1) is 16.9. The predicted molar refractivity (Wildman–Crippen MR) is 96.7 cm³/mol. The van der Waals surface area contributed by atoms with E-state index >= 15 is 0 Å². The first-order valence-corrected chi connectivity index (χ1v) is 7.79. The molecule has 128 valence electrons. The Hall–Kier alpha value is -2.90. The number of halogens is 1. The molecule has 1 aromatic heterocycles. The van der Waals surface area contributed by atoms with Crippen molar-refractivity contribution in [1.29, 1.82) is 0 Å². The van der Waals surface area contributed by atoms with Crippen molar-refractivity contribution in [3.63, 3.8) is 0 Å². The molecular weight excluding hydrogens is 342 g/mol. The van der Waals surface area contributed by atoms with Crippen LogP contribution in [0.15, 0.2) is 47.6 Å². The topological polar surface area (TPSA) is 98.6 Å². The molecule has 0 unspecified atom stereocenters. The SMILES string of the molecule is COCc1cccc(/C=N/n2c(N)nnc2-c2ccc(Cl)cc2)c1O. The number of rotatable bonds is 5. The number of ether oxygens (including phenoxy) is 1. The van der Waals surface area contributed by atoms with Crippen molar-refractivity contribution in [2.45, 2.75) is 6.61 Å². The minimum atomic E-state index is 0.104. The van der Waals surface area contributed by atoms with E-state index in [9.17, 15) is 5.11 Å². The number of nitrogens with two attached hydrogens (primary N) is 1. The monoisotopic (exact) mass is 357 g/mol. The van der Waals surface area contributed by atoms with Gasteiger partial charge in [0.05, 0.1) is 12.8 Å². The van der Waals surface area contributed by atoms with Gasteiger partial charge >= 0.3 is 0 Å². The molecule has 0 aliphatic rings. The summed E-state index contributed by atoms with van der Waals surface area (Å²) in [4.78, 5) is 0. The molecule has 0 fully saturated rings. The normalized spacial score (nSPS) is 11.3. The van der Waals surface area contributed by atoms with Crippen LogP contribution in [0.25, 0.3) is 11.4 Å². The summed E-state index contributed by atoms with van der Waals surface area (Å²) in [7, 11) is 1.57. The van der Waals surface area contributed by atoms with E-state index in [4.69, 9.17) is 22.1 Å². The molecule has 0 saturated carbocycles. The third kappa shape index (κ3) is 3.62. The standard InChI is InChI=1S/C17H16ClN5O2/c1-25-10-13-4-2-3-12(15(13)24)9-20-23-16(21-22-17(23)19)11-5-7-14(18)8-6-11/h2-9,24H,10H2,1H3,(H2,19,22)/b20-9+. The maximum absolute atomic E-state index is 10.3. The second-order valence-electron chi connectivity index (χ2n) is 5.23. The van der Waals surface area contributed by atoms with Crippen molar-refractivity contribution in [3.8, 4) is 17.1 Å². The van der Waals surface area contributed by atoms with Crippen LogP contribution < -0.4 is 5.73 Å². The zero-order chi connectivity index (χ0) is 17.8. The van der Waals surface area contributed by atoms with Crippen molar-refractivity contribution in [3.05, 3.63) is 58.6 Å². The highest BCUT2D eigenvalue weighted by Crippen LogP contribution is 2.23. The summed E-state index contributed by atoms with van der Waals surface area (Å²) in [5.41, 5.74) is 7.82. The molecule has 0 radical (unpaired) electrons. The van der Waals surface area contributed by atoms with E-state index in [1.807, 2.05) is 6.07 Å². The summed E-state index contributed by atoms with van der Waals surface area (Å²) < 4.78 is 6.45. The highest BCUT2D eigenvalue weighted by molar-refractivity contribution is 6.30. The van der Waals surface area contributed by atoms with Crippen molar-refractivity contribution in [2.75, 3.05) is 12.8 Å². The van der Waals surface area contributed by atoms with Gasteiger partial charge in [0.25, 0.3) is 0 Å². The zero-order valence-electron chi connectivity index (χ0n) is 13.4. The van der Waals surface area contributed by atoms with Gasteiger partial charge in [-0.1, -0.05) is 23.7 Å². The second kappa shape index (κ2) is 7.33. The maximum Gasteiger partial charge on any atom is 0.243 e. The van der Waals surface area contributed by atoms with Gasteiger partial charge in [-0.3, -0.25) is 0 Å². The van der Waals surface area contributed by atoms with E-state index in [2.05, 4.69) is 15.3 Å². The number of hydrogen-bond donors (Lipinski definition) is 2. The van der Waals surface area contributed by atoms with Crippen molar-refractivity contribution in [1.82, 2.24) is 14.9 Å². The average Bonchev–Trinajstić information content (AvgIpc) is 2.97. The smallest absolute Gasteiger partial charge is 0.243 e. The number of aromatic hydroxyl groups is 1. The van der Waals surface area contributed by atoms with E-state index in [1.165, 1.54) is 10.9 Å². The number of phenolic OH excluding ortho intramolecular Hbond substituents is 1. The third-order valence-electron chi connectivity index (χ3n) is 3.53. The first-order valence-electron chi connectivity index (χ1n) is 7.41.